The lowest BCUT2D eigenvalue weighted by Crippen LogP contribution is -2.09. The molecule has 0 amide bonds. The van der Waals surface area contributed by atoms with Gasteiger partial charge in [0, 0.05) is 5.92 Å². The zero-order valence-corrected chi connectivity index (χ0v) is 11.3. The highest BCUT2D eigenvalue weighted by Crippen LogP contribution is 2.28. The normalized spacial score (nSPS) is 12.4. The second-order valence-electron chi connectivity index (χ2n) is 4.78. The van der Waals surface area contributed by atoms with Crippen molar-refractivity contribution in [3.8, 4) is 0 Å². The number of hydrogen-bond acceptors (Lipinski definition) is 1. The molecule has 1 unspecified atom stereocenters. The number of halogens is 1. The molecule has 0 aliphatic carbocycles. The molecule has 1 nitrogen and oxygen atoms in total. The molecule has 1 atom stereocenters. The summed E-state index contributed by atoms with van der Waals surface area (Å²) >= 11 is 0. The lowest BCUT2D eigenvalue weighted by Gasteiger charge is -2.17. The summed E-state index contributed by atoms with van der Waals surface area (Å²) in [4.78, 5) is 0. The second kappa shape index (κ2) is 6.48. The maximum Gasteiger partial charge on any atom is 0.123 e. The first-order chi connectivity index (χ1) is 9.24. The average molecular weight is 257 g/mol. The highest BCUT2D eigenvalue weighted by molar-refractivity contribution is 5.34. The van der Waals surface area contributed by atoms with E-state index in [9.17, 15) is 4.39 Å². The van der Waals surface area contributed by atoms with Crippen LogP contribution in [0.25, 0.3) is 0 Å². The van der Waals surface area contributed by atoms with Gasteiger partial charge < -0.3 is 5.73 Å². The summed E-state index contributed by atoms with van der Waals surface area (Å²) in [5.41, 5.74) is 9.22. The number of hydrogen-bond donors (Lipinski definition) is 1. The van der Waals surface area contributed by atoms with E-state index in [0.29, 0.717) is 6.54 Å². The molecule has 0 bridgehead atoms. The SMILES string of the molecule is CCc1ccc(C(CCN)c2cccc(F)c2)cc1. The van der Waals surface area contributed by atoms with E-state index in [1.165, 1.54) is 17.2 Å². The van der Waals surface area contributed by atoms with E-state index in [4.69, 9.17) is 5.73 Å². The molecule has 0 fully saturated rings. The van der Waals surface area contributed by atoms with Crippen LogP contribution in [-0.2, 0) is 6.42 Å². The summed E-state index contributed by atoms with van der Waals surface area (Å²) in [5.74, 6) is -0.0173. The standard InChI is InChI=1S/C17H20FN/c1-2-13-6-8-14(9-7-13)17(10-11-19)15-4-3-5-16(18)12-15/h3-9,12,17H,2,10-11,19H2,1H3. The van der Waals surface area contributed by atoms with Gasteiger partial charge in [0.15, 0.2) is 0 Å². The molecule has 2 heteroatoms. The zero-order chi connectivity index (χ0) is 13.7. The van der Waals surface area contributed by atoms with Crippen molar-refractivity contribution in [1.82, 2.24) is 0 Å². The van der Waals surface area contributed by atoms with Crippen LogP contribution in [-0.4, -0.2) is 6.54 Å². The van der Waals surface area contributed by atoms with Crippen molar-refractivity contribution in [2.45, 2.75) is 25.7 Å². The van der Waals surface area contributed by atoms with Gasteiger partial charge in [-0.3, -0.25) is 0 Å². The van der Waals surface area contributed by atoms with Crippen LogP contribution in [0.15, 0.2) is 48.5 Å². The molecule has 19 heavy (non-hydrogen) atoms. The molecule has 0 spiro atoms. The first kappa shape index (κ1) is 13.8. The molecule has 0 aromatic heterocycles. The third kappa shape index (κ3) is 3.42. The van der Waals surface area contributed by atoms with Crippen molar-refractivity contribution in [3.63, 3.8) is 0 Å². The number of aryl methyl sites for hydroxylation is 1. The first-order valence-electron chi connectivity index (χ1n) is 6.79. The minimum atomic E-state index is -0.190. The van der Waals surface area contributed by atoms with E-state index in [1.807, 2.05) is 6.07 Å². The molecule has 0 aliphatic rings. The van der Waals surface area contributed by atoms with Crippen molar-refractivity contribution < 1.29 is 4.39 Å². The van der Waals surface area contributed by atoms with Gasteiger partial charge in [-0.15, -0.1) is 0 Å². The highest BCUT2D eigenvalue weighted by atomic mass is 19.1. The highest BCUT2D eigenvalue weighted by Gasteiger charge is 2.13. The molecule has 2 N–H and O–H groups in total. The monoisotopic (exact) mass is 257 g/mol. The van der Waals surface area contributed by atoms with Gasteiger partial charge >= 0.3 is 0 Å². The molecule has 2 aromatic rings. The van der Waals surface area contributed by atoms with Gasteiger partial charge in [-0.2, -0.15) is 0 Å². The number of nitrogens with two attached hydrogens (primary N) is 1. The Morgan fingerprint density at radius 2 is 1.79 bits per heavy atom. The largest absolute Gasteiger partial charge is 0.330 e. The Kier molecular flexibility index (Phi) is 4.69. The van der Waals surface area contributed by atoms with Crippen molar-refractivity contribution in [2.24, 2.45) is 5.73 Å². The van der Waals surface area contributed by atoms with Gasteiger partial charge in [0.1, 0.15) is 5.82 Å². The van der Waals surface area contributed by atoms with Gasteiger partial charge in [0.05, 0.1) is 0 Å². The topological polar surface area (TPSA) is 26.0 Å². The molecule has 0 aliphatic heterocycles. The minimum Gasteiger partial charge on any atom is -0.330 e. The maximum atomic E-state index is 13.4. The summed E-state index contributed by atoms with van der Waals surface area (Å²) in [7, 11) is 0. The fourth-order valence-corrected chi connectivity index (χ4v) is 2.40. The lowest BCUT2D eigenvalue weighted by atomic mass is 9.88. The zero-order valence-electron chi connectivity index (χ0n) is 11.3. The Labute approximate surface area is 114 Å². The first-order valence-corrected chi connectivity index (χ1v) is 6.79. The van der Waals surface area contributed by atoms with E-state index >= 15 is 0 Å². The van der Waals surface area contributed by atoms with Crippen LogP contribution in [0.3, 0.4) is 0 Å². The van der Waals surface area contributed by atoms with E-state index in [1.54, 1.807) is 12.1 Å². The summed E-state index contributed by atoms with van der Waals surface area (Å²) < 4.78 is 13.4. The molecular weight excluding hydrogens is 237 g/mol. The van der Waals surface area contributed by atoms with Crippen LogP contribution in [0, 0.1) is 5.82 Å². The minimum absolute atomic E-state index is 0.173. The second-order valence-corrected chi connectivity index (χ2v) is 4.78. The number of benzene rings is 2. The van der Waals surface area contributed by atoms with Gasteiger partial charge in [0.2, 0.25) is 0 Å². The van der Waals surface area contributed by atoms with Gasteiger partial charge in [0.25, 0.3) is 0 Å². The molecule has 2 rings (SSSR count). The van der Waals surface area contributed by atoms with E-state index in [-0.39, 0.29) is 11.7 Å². The fraction of sp³-hybridized carbons (Fsp3) is 0.294. The van der Waals surface area contributed by atoms with Crippen molar-refractivity contribution in [3.05, 3.63) is 71.0 Å². The Balaban J connectivity index is 2.33. The Morgan fingerprint density at radius 1 is 1.05 bits per heavy atom. The van der Waals surface area contributed by atoms with Crippen LogP contribution in [0.1, 0.15) is 36.0 Å². The van der Waals surface area contributed by atoms with Crippen molar-refractivity contribution in [1.29, 1.82) is 0 Å². The van der Waals surface area contributed by atoms with Crippen LogP contribution in [0.2, 0.25) is 0 Å². The van der Waals surface area contributed by atoms with Gasteiger partial charge in [-0.1, -0.05) is 43.3 Å². The molecule has 100 valence electrons. The quantitative estimate of drug-likeness (QED) is 0.864. The summed E-state index contributed by atoms with van der Waals surface area (Å²) in [6.07, 6.45) is 1.86. The van der Waals surface area contributed by atoms with Crippen molar-refractivity contribution in [2.75, 3.05) is 6.54 Å². The third-order valence-electron chi connectivity index (χ3n) is 3.50. The van der Waals surface area contributed by atoms with E-state index in [0.717, 1.165) is 18.4 Å². The molecule has 0 heterocycles. The third-order valence-corrected chi connectivity index (χ3v) is 3.50. The summed E-state index contributed by atoms with van der Waals surface area (Å²) in [6, 6.07) is 15.3. The smallest absolute Gasteiger partial charge is 0.123 e. The van der Waals surface area contributed by atoms with E-state index in [2.05, 4.69) is 31.2 Å². The van der Waals surface area contributed by atoms with E-state index < -0.39 is 0 Å². The maximum absolute atomic E-state index is 13.4. The van der Waals surface area contributed by atoms with Crippen molar-refractivity contribution >= 4 is 0 Å². The predicted octanol–water partition coefficient (Wildman–Crippen LogP) is 3.87. The fourth-order valence-electron chi connectivity index (χ4n) is 2.40. The van der Waals surface area contributed by atoms with Crippen LogP contribution in [0.4, 0.5) is 4.39 Å². The lowest BCUT2D eigenvalue weighted by molar-refractivity contribution is 0.620. The molecule has 0 saturated heterocycles. The van der Waals surface area contributed by atoms with Crippen LogP contribution < -0.4 is 5.73 Å². The Morgan fingerprint density at radius 3 is 2.37 bits per heavy atom. The Bertz CT molecular complexity index is 519. The average Bonchev–Trinajstić information content (AvgIpc) is 2.45. The molecular formula is C17H20FN. The Hall–Kier alpha value is -1.67. The van der Waals surface area contributed by atoms with Gasteiger partial charge in [-0.05, 0) is 48.2 Å². The number of rotatable bonds is 5. The summed E-state index contributed by atoms with van der Waals surface area (Å²) in [5, 5.41) is 0. The van der Waals surface area contributed by atoms with Gasteiger partial charge in [-0.25, -0.2) is 4.39 Å². The molecule has 0 saturated carbocycles. The molecule has 2 aromatic carbocycles. The summed E-state index contributed by atoms with van der Waals surface area (Å²) in [6.45, 7) is 2.73. The van der Waals surface area contributed by atoms with Crippen LogP contribution >= 0.6 is 0 Å². The molecule has 0 radical (unpaired) electrons. The van der Waals surface area contributed by atoms with Crippen LogP contribution in [0.5, 0.6) is 0 Å². The predicted molar refractivity (Wildman–Crippen MR) is 77.7 cm³/mol.